The molecule has 124 valence electrons. The molecule has 2 heterocycles. The van der Waals surface area contributed by atoms with Gasteiger partial charge in [0.25, 0.3) is 5.91 Å². The van der Waals surface area contributed by atoms with Crippen molar-refractivity contribution in [3.05, 3.63) is 16.0 Å². The molecule has 6 heteroatoms. The van der Waals surface area contributed by atoms with Crippen LogP contribution in [0.1, 0.15) is 52.9 Å². The van der Waals surface area contributed by atoms with E-state index in [4.69, 9.17) is 4.74 Å². The van der Waals surface area contributed by atoms with Crippen LogP contribution in [-0.2, 0) is 22.4 Å². The fourth-order valence-corrected chi connectivity index (χ4v) is 4.67. The Morgan fingerprint density at radius 1 is 1.13 bits per heavy atom. The number of nitrogens with one attached hydrogen (secondary N) is 2. The highest BCUT2D eigenvalue weighted by molar-refractivity contribution is 7.17. The first-order valence-electron chi connectivity index (χ1n) is 8.56. The van der Waals surface area contributed by atoms with Crippen molar-refractivity contribution in [2.75, 3.05) is 18.5 Å². The summed E-state index contributed by atoms with van der Waals surface area (Å²) < 4.78 is 5.40. The molecule has 0 aromatic carbocycles. The quantitative estimate of drug-likeness (QED) is 0.889. The van der Waals surface area contributed by atoms with Crippen LogP contribution in [0.25, 0.3) is 0 Å². The Labute approximate surface area is 139 Å². The molecule has 3 aliphatic rings. The number of amides is 2. The van der Waals surface area contributed by atoms with Gasteiger partial charge in [0.15, 0.2) is 0 Å². The zero-order valence-corrected chi connectivity index (χ0v) is 14.0. The molecule has 1 aliphatic heterocycles. The lowest BCUT2D eigenvalue weighted by Crippen LogP contribution is -2.31. The van der Waals surface area contributed by atoms with E-state index < -0.39 is 0 Å². The van der Waals surface area contributed by atoms with Crippen LogP contribution in [0.5, 0.6) is 0 Å². The molecule has 2 fully saturated rings. The first kappa shape index (κ1) is 15.1. The number of hydrogen-bond donors (Lipinski definition) is 2. The van der Waals surface area contributed by atoms with Gasteiger partial charge in [0.05, 0.1) is 18.1 Å². The van der Waals surface area contributed by atoms with E-state index in [0.717, 1.165) is 67.7 Å². The lowest BCUT2D eigenvalue weighted by atomic mass is 10.0. The molecule has 1 saturated carbocycles. The van der Waals surface area contributed by atoms with Crippen molar-refractivity contribution in [1.29, 1.82) is 0 Å². The predicted molar refractivity (Wildman–Crippen MR) is 89.0 cm³/mol. The molecule has 0 spiro atoms. The van der Waals surface area contributed by atoms with Gasteiger partial charge in [-0.1, -0.05) is 0 Å². The van der Waals surface area contributed by atoms with E-state index in [1.807, 2.05) is 0 Å². The van der Waals surface area contributed by atoms with Gasteiger partial charge in [-0.25, -0.2) is 0 Å². The van der Waals surface area contributed by atoms with Crippen LogP contribution in [0.2, 0.25) is 0 Å². The molecule has 2 N–H and O–H groups in total. The second-order valence-corrected chi connectivity index (χ2v) is 7.82. The molecule has 0 unspecified atom stereocenters. The highest BCUT2D eigenvalue weighted by Crippen LogP contribution is 2.39. The van der Waals surface area contributed by atoms with Crippen LogP contribution in [0.15, 0.2) is 0 Å². The molecule has 0 radical (unpaired) electrons. The second kappa shape index (κ2) is 6.24. The third-order valence-electron chi connectivity index (χ3n) is 4.83. The molecule has 23 heavy (non-hydrogen) atoms. The topological polar surface area (TPSA) is 67.4 Å². The van der Waals surface area contributed by atoms with Gasteiger partial charge in [0.2, 0.25) is 5.91 Å². The molecular weight excluding hydrogens is 312 g/mol. The fourth-order valence-electron chi connectivity index (χ4n) is 3.38. The highest BCUT2D eigenvalue weighted by Gasteiger charge is 2.32. The van der Waals surface area contributed by atoms with Crippen molar-refractivity contribution in [3.8, 4) is 0 Å². The average Bonchev–Trinajstić information content (AvgIpc) is 3.14. The monoisotopic (exact) mass is 334 g/mol. The van der Waals surface area contributed by atoms with Gasteiger partial charge in [0.1, 0.15) is 5.00 Å². The van der Waals surface area contributed by atoms with E-state index in [-0.39, 0.29) is 17.7 Å². The van der Waals surface area contributed by atoms with Crippen molar-refractivity contribution < 1.29 is 14.3 Å². The number of ether oxygens (including phenoxy) is 1. The Morgan fingerprint density at radius 3 is 2.74 bits per heavy atom. The summed E-state index contributed by atoms with van der Waals surface area (Å²) in [7, 11) is 0. The van der Waals surface area contributed by atoms with Crippen LogP contribution < -0.4 is 10.6 Å². The first-order valence-corrected chi connectivity index (χ1v) is 9.38. The molecule has 2 amide bonds. The van der Waals surface area contributed by atoms with Gasteiger partial charge < -0.3 is 15.4 Å². The maximum atomic E-state index is 12.6. The molecule has 2 aliphatic carbocycles. The van der Waals surface area contributed by atoms with Crippen molar-refractivity contribution in [3.63, 3.8) is 0 Å². The van der Waals surface area contributed by atoms with Crippen molar-refractivity contribution in [2.45, 2.75) is 51.0 Å². The van der Waals surface area contributed by atoms with Crippen LogP contribution in [0, 0.1) is 5.92 Å². The van der Waals surface area contributed by atoms with Gasteiger partial charge in [-0.05, 0) is 50.5 Å². The lowest BCUT2D eigenvalue weighted by molar-refractivity contribution is -0.123. The molecule has 1 saturated heterocycles. The maximum Gasteiger partial charge on any atom is 0.254 e. The summed E-state index contributed by atoms with van der Waals surface area (Å²) in [5.41, 5.74) is 1.88. The SMILES string of the molecule is O=C(NC1CC1)c1c(NC(=O)[C@@H]2CCCOC2)sc2c1CCC2. The average molecular weight is 334 g/mol. The third kappa shape index (κ3) is 3.15. The molecule has 0 bridgehead atoms. The zero-order chi connectivity index (χ0) is 15.8. The standard InChI is InChI=1S/C17H22N2O3S/c20-15(10-3-2-8-22-9-10)19-17-14(16(21)18-11-6-7-11)12-4-1-5-13(12)23-17/h10-11H,1-9H2,(H,18,21)(H,19,20)/t10-/m1/s1. The van der Waals surface area contributed by atoms with Gasteiger partial charge in [-0.3, -0.25) is 9.59 Å². The van der Waals surface area contributed by atoms with E-state index in [1.165, 1.54) is 4.88 Å². The largest absolute Gasteiger partial charge is 0.381 e. The summed E-state index contributed by atoms with van der Waals surface area (Å²) in [6.07, 6.45) is 7.00. The lowest BCUT2D eigenvalue weighted by Gasteiger charge is -2.21. The Balaban J connectivity index is 1.54. The van der Waals surface area contributed by atoms with Crippen LogP contribution >= 0.6 is 11.3 Å². The van der Waals surface area contributed by atoms with Crippen molar-refractivity contribution in [2.24, 2.45) is 5.92 Å². The van der Waals surface area contributed by atoms with Crippen LogP contribution in [-0.4, -0.2) is 31.1 Å². The minimum atomic E-state index is -0.0972. The number of anilines is 1. The third-order valence-corrected chi connectivity index (χ3v) is 6.04. The summed E-state index contributed by atoms with van der Waals surface area (Å²) in [5, 5.41) is 6.83. The molecule has 1 atom stereocenters. The summed E-state index contributed by atoms with van der Waals surface area (Å²) in [6, 6.07) is 0.328. The summed E-state index contributed by atoms with van der Waals surface area (Å²) in [5.74, 6) is -0.118. The fraction of sp³-hybridized carbons (Fsp3) is 0.647. The van der Waals surface area contributed by atoms with Gasteiger partial charge >= 0.3 is 0 Å². The van der Waals surface area contributed by atoms with E-state index in [2.05, 4.69) is 10.6 Å². The minimum Gasteiger partial charge on any atom is -0.381 e. The maximum absolute atomic E-state index is 12.6. The van der Waals surface area contributed by atoms with Crippen molar-refractivity contribution in [1.82, 2.24) is 5.32 Å². The minimum absolute atomic E-state index is 0.00917. The van der Waals surface area contributed by atoms with E-state index in [1.54, 1.807) is 11.3 Å². The van der Waals surface area contributed by atoms with Gasteiger partial charge in [0, 0.05) is 17.5 Å². The number of fused-ring (bicyclic) bond motifs is 1. The van der Waals surface area contributed by atoms with E-state index in [9.17, 15) is 9.59 Å². The van der Waals surface area contributed by atoms with Gasteiger partial charge in [-0.15, -0.1) is 11.3 Å². The molecule has 1 aromatic rings. The Bertz CT molecular complexity index is 630. The van der Waals surface area contributed by atoms with Crippen LogP contribution in [0.4, 0.5) is 5.00 Å². The number of aryl methyl sites for hydroxylation is 1. The summed E-state index contributed by atoms with van der Waals surface area (Å²) in [6.45, 7) is 1.23. The molecular formula is C17H22N2O3S. The molecule has 4 rings (SSSR count). The molecule has 1 aromatic heterocycles. The number of carbonyl (C=O) groups is 2. The Kier molecular flexibility index (Phi) is 4.11. The van der Waals surface area contributed by atoms with E-state index in [0.29, 0.717) is 12.6 Å². The second-order valence-electron chi connectivity index (χ2n) is 6.71. The number of rotatable bonds is 4. The normalized spacial score (nSPS) is 23.4. The number of thiophene rings is 1. The summed E-state index contributed by atoms with van der Waals surface area (Å²) in [4.78, 5) is 26.4. The smallest absolute Gasteiger partial charge is 0.254 e. The van der Waals surface area contributed by atoms with Gasteiger partial charge in [-0.2, -0.15) is 0 Å². The zero-order valence-electron chi connectivity index (χ0n) is 13.2. The van der Waals surface area contributed by atoms with Crippen molar-refractivity contribution >= 4 is 28.2 Å². The van der Waals surface area contributed by atoms with Crippen LogP contribution in [0.3, 0.4) is 0 Å². The number of carbonyl (C=O) groups excluding carboxylic acids is 2. The predicted octanol–water partition coefficient (Wildman–Crippen LogP) is 2.49. The van der Waals surface area contributed by atoms with E-state index >= 15 is 0 Å². The Hall–Kier alpha value is -1.40. The Morgan fingerprint density at radius 2 is 2.00 bits per heavy atom. The summed E-state index contributed by atoms with van der Waals surface area (Å²) >= 11 is 1.58. The number of hydrogen-bond acceptors (Lipinski definition) is 4. The first-order chi connectivity index (χ1) is 11.2. The molecule has 5 nitrogen and oxygen atoms in total. The highest BCUT2D eigenvalue weighted by atomic mass is 32.1.